The molecule has 0 radical (unpaired) electrons. The van der Waals surface area contributed by atoms with Crippen LogP contribution >= 0.6 is 15.9 Å². The van der Waals surface area contributed by atoms with Crippen LogP contribution in [0.1, 0.15) is 5.56 Å². The predicted octanol–water partition coefficient (Wildman–Crippen LogP) is 1.89. The van der Waals surface area contributed by atoms with E-state index in [-0.39, 0.29) is 18.7 Å². The summed E-state index contributed by atoms with van der Waals surface area (Å²) in [4.78, 5) is 24.0. The highest BCUT2D eigenvalue weighted by atomic mass is 79.9. The maximum atomic E-state index is 12.1. The lowest BCUT2D eigenvalue weighted by Gasteiger charge is -2.21. The normalized spacial score (nSPS) is 9.76. The molecule has 0 fully saturated rings. The van der Waals surface area contributed by atoms with Gasteiger partial charge < -0.3 is 20.1 Å². The Morgan fingerprint density at radius 2 is 2.24 bits per heavy atom. The van der Waals surface area contributed by atoms with Gasteiger partial charge in [0.05, 0.1) is 17.9 Å². The smallest absolute Gasteiger partial charge is 0.323 e. The molecular weight excluding hydrogens is 342 g/mol. The van der Waals surface area contributed by atoms with Crippen LogP contribution in [0.4, 0.5) is 10.5 Å². The maximum Gasteiger partial charge on any atom is 0.323 e. The first-order valence-corrected chi connectivity index (χ1v) is 6.73. The number of carboxylic acids is 1. The van der Waals surface area contributed by atoms with Gasteiger partial charge in [0.2, 0.25) is 0 Å². The van der Waals surface area contributed by atoms with E-state index in [1.807, 2.05) is 6.07 Å². The van der Waals surface area contributed by atoms with E-state index in [4.69, 9.17) is 15.1 Å². The number of halogens is 1. The number of nitrogens with one attached hydrogen (secondary N) is 1. The number of hydrogen-bond acceptors (Lipinski definition) is 4. The number of carboxylic acid groups (broad SMARTS) is 1. The molecule has 1 aromatic rings. The van der Waals surface area contributed by atoms with Crippen LogP contribution in [-0.2, 0) is 9.53 Å². The van der Waals surface area contributed by atoms with Crippen molar-refractivity contribution in [3.8, 4) is 6.07 Å². The number of benzene rings is 1. The first kappa shape index (κ1) is 16.9. The number of carbonyl (C=O) groups is 2. The molecule has 0 aliphatic carbocycles. The zero-order valence-electron chi connectivity index (χ0n) is 11.3. The van der Waals surface area contributed by atoms with E-state index in [1.54, 1.807) is 18.2 Å². The molecule has 7 nitrogen and oxygen atoms in total. The molecule has 0 aromatic heterocycles. The Labute approximate surface area is 130 Å². The monoisotopic (exact) mass is 355 g/mol. The van der Waals surface area contributed by atoms with Gasteiger partial charge in [-0.2, -0.15) is 5.26 Å². The van der Waals surface area contributed by atoms with Crippen molar-refractivity contribution in [2.45, 2.75) is 0 Å². The summed E-state index contributed by atoms with van der Waals surface area (Å²) in [6.07, 6.45) is 0. The average molecular weight is 356 g/mol. The van der Waals surface area contributed by atoms with Crippen LogP contribution in [0.25, 0.3) is 0 Å². The molecule has 0 spiro atoms. The second kappa shape index (κ2) is 8.24. The maximum absolute atomic E-state index is 12.1. The Hall–Kier alpha value is -2.11. The number of amides is 2. The summed E-state index contributed by atoms with van der Waals surface area (Å²) in [7, 11) is 1.46. The number of anilines is 1. The second-order valence-corrected chi connectivity index (χ2v) is 4.96. The zero-order chi connectivity index (χ0) is 15.8. The Kier molecular flexibility index (Phi) is 6.65. The minimum Gasteiger partial charge on any atom is -0.480 e. The Morgan fingerprint density at radius 1 is 1.52 bits per heavy atom. The van der Waals surface area contributed by atoms with Gasteiger partial charge in [-0.05, 0) is 18.2 Å². The van der Waals surface area contributed by atoms with Gasteiger partial charge in [0.25, 0.3) is 0 Å². The highest BCUT2D eigenvalue weighted by Crippen LogP contribution is 2.20. The molecule has 21 heavy (non-hydrogen) atoms. The van der Waals surface area contributed by atoms with Gasteiger partial charge in [-0.1, -0.05) is 15.9 Å². The van der Waals surface area contributed by atoms with Gasteiger partial charge in [-0.3, -0.25) is 4.79 Å². The van der Waals surface area contributed by atoms with E-state index >= 15 is 0 Å². The quantitative estimate of drug-likeness (QED) is 0.810. The first-order valence-electron chi connectivity index (χ1n) is 5.94. The van der Waals surface area contributed by atoms with Gasteiger partial charge in [-0.15, -0.1) is 0 Å². The van der Waals surface area contributed by atoms with E-state index in [2.05, 4.69) is 21.2 Å². The van der Waals surface area contributed by atoms with Gasteiger partial charge in [0.1, 0.15) is 12.6 Å². The minimum atomic E-state index is -1.13. The first-order chi connectivity index (χ1) is 9.97. The number of nitriles is 1. The third-order valence-electron chi connectivity index (χ3n) is 2.52. The topological polar surface area (TPSA) is 103 Å². The van der Waals surface area contributed by atoms with Crippen molar-refractivity contribution in [2.24, 2.45) is 0 Å². The van der Waals surface area contributed by atoms with Crippen LogP contribution in [0.15, 0.2) is 22.7 Å². The molecule has 0 saturated heterocycles. The van der Waals surface area contributed by atoms with Crippen LogP contribution in [0, 0.1) is 11.3 Å². The number of hydrogen-bond donors (Lipinski definition) is 2. The molecule has 8 heteroatoms. The van der Waals surface area contributed by atoms with Crippen molar-refractivity contribution >= 4 is 33.6 Å². The SMILES string of the molecule is COCCN(CC(=O)O)C(=O)Nc1ccc(Br)cc1C#N. The van der Waals surface area contributed by atoms with Crippen molar-refractivity contribution in [1.82, 2.24) is 4.90 Å². The second-order valence-electron chi connectivity index (χ2n) is 4.04. The summed E-state index contributed by atoms with van der Waals surface area (Å²) >= 11 is 3.23. The minimum absolute atomic E-state index is 0.132. The summed E-state index contributed by atoms with van der Waals surface area (Å²) in [5, 5.41) is 20.4. The number of rotatable bonds is 6. The fraction of sp³-hybridized carbons (Fsp3) is 0.308. The molecule has 0 heterocycles. The van der Waals surface area contributed by atoms with E-state index in [0.717, 1.165) is 4.90 Å². The largest absolute Gasteiger partial charge is 0.480 e. The van der Waals surface area contributed by atoms with Crippen molar-refractivity contribution in [1.29, 1.82) is 5.26 Å². The zero-order valence-corrected chi connectivity index (χ0v) is 12.9. The summed E-state index contributed by atoms with van der Waals surface area (Å²) in [5.41, 5.74) is 0.596. The standard InChI is InChI=1S/C13H14BrN3O4/c1-21-5-4-17(8-12(18)19)13(20)16-11-3-2-10(14)6-9(11)7-15/h2-3,6H,4-5,8H2,1H3,(H,16,20)(H,18,19). The van der Waals surface area contributed by atoms with Gasteiger partial charge in [-0.25, -0.2) is 4.79 Å². The molecule has 0 atom stereocenters. The molecule has 2 N–H and O–H groups in total. The molecule has 0 saturated carbocycles. The average Bonchev–Trinajstić information content (AvgIpc) is 2.44. The molecular formula is C13H14BrN3O4. The lowest BCUT2D eigenvalue weighted by molar-refractivity contribution is -0.137. The molecule has 2 amide bonds. The molecule has 0 unspecified atom stereocenters. The summed E-state index contributed by atoms with van der Waals surface area (Å²) in [6.45, 7) is -0.104. The lowest BCUT2D eigenvalue weighted by atomic mass is 10.2. The fourth-order valence-corrected chi connectivity index (χ4v) is 1.89. The summed E-state index contributed by atoms with van der Waals surface area (Å²) in [6, 6.07) is 6.16. The number of ether oxygens (including phenoxy) is 1. The molecule has 112 valence electrons. The van der Waals surface area contributed by atoms with Gasteiger partial charge >= 0.3 is 12.0 Å². The van der Waals surface area contributed by atoms with E-state index in [1.165, 1.54) is 7.11 Å². The van der Waals surface area contributed by atoms with Crippen LogP contribution < -0.4 is 5.32 Å². The highest BCUT2D eigenvalue weighted by Gasteiger charge is 2.17. The lowest BCUT2D eigenvalue weighted by Crippen LogP contribution is -2.40. The van der Waals surface area contributed by atoms with Crippen molar-refractivity contribution in [2.75, 3.05) is 32.1 Å². The van der Waals surface area contributed by atoms with Crippen LogP contribution in [0.5, 0.6) is 0 Å². The van der Waals surface area contributed by atoms with Crippen molar-refractivity contribution < 1.29 is 19.4 Å². The number of urea groups is 1. The number of nitrogens with zero attached hydrogens (tertiary/aromatic N) is 2. The van der Waals surface area contributed by atoms with Gasteiger partial charge in [0, 0.05) is 18.1 Å². The highest BCUT2D eigenvalue weighted by molar-refractivity contribution is 9.10. The number of aliphatic carboxylic acids is 1. The van der Waals surface area contributed by atoms with E-state index in [0.29, 0.717) is 10.2 Å². The predicted molar refractivity (Wildman–Crippen MR) is 79.0 cm³/mol. The summed E-state index contributed by atoms with van der Waals surface area (Å²) < 4.78 is 5.55. The summed E-state index contributed by atoms with van der Waals surface area (Å²) in [5.74, 6) is -1.13. The Bertz CT molecular complexity index is 571. The third-order valence-corrected chi connectivity index (χ3v) is 3.02. The Morgan fingerprint density at radius 3 is 2.81 bits per heavy atom. The van der Waals surface area contributed by atoms with Crippen LogP contribution in [0.3, 0.4) is 0 Å². The Balaban J connectivity index is 2.85. The molecule has 0 bridgehead atoms. The number of methoxy groups -OCH3 is 1. The molecule has 0 aliphatic heterocycles. The van der Waals surface area contributed by atoms with E-state index in [9.17, 15) is 9.59 Å². The van der Waals surface area contributed by atoms with Crippen LogP contribution in [-0.4, -0.2) is 48.8 Å². The fourth-order valence-electron chi connectivity index (χ4n) is 1.53. The molecule has 1 aromatic carbocycles. The van der Waals surface area contributed by atoms with E-state index < -0.39 is 18.5 Å². The van der Waals surface area contributed by atoms with Crippen LogP contribution in [0.2, 0.25) is 0 Å². The third kappa shape index (κ3) is 5.41. The van der Waals surface area contributed by atoms with Crippen molar-refractivity contribution in [3.05, 3.63) is 28.2 Å². The van der Waals surface area contributed by atoms with Gasteiger partial charge in [0.15, 0.2) is 0 Å². The van der Waals surface area contributed by atoms with Crippen molar-refractivity contribution in [3.63, 3.8) is 0 Å². The molecule has 0 aliphatic rings. The molecule has 1 rings (SSSR count). The number of carbonyl (C=O) groups excluding carboxylic acids is 1.